The summed E-state index contributed by atoms with van der Waals surface area (Å²) >= 11 is 0. The van der Waals surface area contributed by atoms with Crippen LogP contribution < -0.4 is 20.7 Å². The molecule has 0 radical (unpaired) electrons. The number of carbonyl (C=O) groups excluding carboxylic acids is 1. The molecule has 2 amide bonds. The van der Waals surface area contributed by atoms with E-state index < -0.39 is 12.1 Å². The molecular weight excluding hydrogens is 344 g/mol. The van der Waals surface area contributed by atoms with Crippen molar-refractivity contribution in [3.63, 3.8) is 0 Å². The number of rotatable bonds is 7. The van der Waals surface area contributed by atoms with Crippen LogP contribution >= 0.6 is 0 Å². The predicted molar refractivity (Wildman–Crippen MR) is 106 cm³/mol. The number of primary amides is 1. The van der Waals surface area contributed by atoms with Crippen LogP contribution in [0.4, 0.5) is 16.2 Å². The van der Waals surface area contributed by atoms with E-state index in [1.165, 1.54) is 5.69 Å². The molecule has 4 N–H and O–H groups in total. The summed E-state index contributed by atoms with van der Waals surface area (Å²) in [5.74, 6) is 0.637. The summed E-state index contributed by atoms with van der Waals surface area (Å²) in [4.78, 5) is 15.4. The highest BCUT2D eigenvalue weighted by molar-refractivity contribution is 5.87. The number of nitrogens with one attached hydrogen (secondary N) is 1. The Morgan fingerprint density at radius 2 is 1.74 bits per heavy atom. The van der Waals surface area contributed by atoms with Crippen molar-refractivity contribution in [1.29, 1.82) is 0 Å². The van der Waals surface area contributed by atoms with Gasteiger partial charge in [-0.1, -0.05) is 18.2 Å². The Bertz CT molecular complexity index is 716. The highest BCUT2D eigenvalue weighted by Gasteiger charge is 2.19. The molecule has 0 bridgehead atoms. The molecule has 27 heavy (non-hydrogen) atoms. The van der Waals surface area contributed by atoms with Gasteiger partial charge in [-0.2, -0.15) is 0 Å². The molecule has 1 saturated heterocycles. The monoisotopic (exact) mass is 370 g/mol. The van der Waals surface area contributed by atoms with Crippen molar-refractivity contribution in [2.45, 2.75) is 6.10 Å². The highest BCUT2D eigenvalue weighted by atomic mass is 16.5. The molecule has 0 unspecified atom stereocenters. The number of urea groups is 1. The molecule has 0 aliphatic carbocycles. The van der Waals surface area contributed by atoms with E-state index in [-0.39, 0.29) is 6.61 Å². The van der Waals surface area contributed by atoms with Crippen molar-refractivity contribution in [2.75, 3.05) is 49.5 Å². The van der Waals surface area contributed by atoms with Crippen LogP contribution in [0, 0.1) is 0 Å². The largest absolute Gasteiger partial charge is 0.491 e. The van der Waals surface area contributed by atoms with Crippen molar-refractivity contribution in [2.24, 2.45) is 5.73 Å². The number of para-hydroxylation sites is 1. The highest BCUT2D eigenvalue weighted by Crippen LogP contribution is 2.17. The summed E-state index contributed by atoms with van der Waals surface area (Å²) in [6, 6.07) is 16.7. The maximum atomic E-state index is 10.8. The topological polar surface area (TPSA) is 91.1 Å². The number of nitrogens with zero attached hydrogens (tertiary/aromatic N) is 2. The van der Waals surface area contributed by atoms with Gasteiger partial charge in [0.2, 0.25) is 0 Å². The van der Waals surface area contributed by atoms with E-state index in [0.717, 1.165) is 26.2 Å². The van der Waals surface area contributed by atoms with Gasteiger partial charge in [0.15, 0.2) is 0 Å². The lowest BCUT2D eigenvalue weighted by atomic mass is 10.2. The van der Waals surface area contributed by atoms with Gasteiger partial charge in [-0.15, -0.1) is 0 Å². The van der Waals surface area contributed by atoms with E-state index in [0.29, 0.717) is 18.0 Å². The van der Waals surface area contributed by atoms with Gasteiger partial charge < -0.3 is 25.8 Å². The summed E-state index contributed by atoms with van der Waals surface area (Å²) in [5.41, 5.74) is 6.92. The third kappa shape index (κ3) is 5.87. The van der Waals surface area contributed by atoms with Crippen LogP contribution in [0.5, 0.6) is 5.75 Å². The first-order valence-corrected chi connectivity index (χ1v) is 9.10. The lowest BCUT2D eigenvalue weighted by Gasteiger charge is -2.36. The molecule has 1 atom stereocenters. The van der Waals surface area contributed by atoms with Gasteiger partial charge in [-0.3, -0.25) is 4.90 Å². The first-order chi connectivity index (χ1) is 13.1. The fourth-order valence-corrected chi connectivity index (χ4v) is 3.15. The lowest BCUT2D eigenvalue weighted by molar-refractivity contribution is 0.0663. The number of benzene rings is 2. The summed E-state index contributed by atoms with van der Waals surface area (Å²) < 4.78 is 5.63. The van der Waals surface area contributed by atoms with E-state index in [9.17, 15) is 9.90 Å². The Hall–Kier alpha value is -2.77. The average Bonchev–Trinajstić information content (AvgIpc) is 2.68. The molecule has 7 heteroatoms. The van der Waals surface area contributed by atoms with Crippen LogP contribution in [-0.2, 0) is 0 Å². The van der Waals surface area contributed by atoms with Crippen molar-refractivity contribution < 1.29 is 14.6 Å². The van der Waals surface area contributed by atoms with E-state index in [1.807, 2.05) is 6.07 Å². The Morgan fingerprint density at radius 1 is 1.07 bits per heavy atom. The average molecular weight is 370 g/mol. The smallest absolute Gasteiger partial charge is 0.316 e. The minimum atomic E-state index is -0.605. The molecule has 144 valence electrons. The Labute approximate surface area is 159 Å². The number of nitrogens with two attached hydrogens (primary N) is 1. The molecule has 0 aromatic heterocycles. The number of piperazine rings is 1. The predicted octanol–water partition coefficient (Wildman–Crippen LogP) is 1.74. The SMILES string of the molecule is NC(=O)Nc1ccc(OC[C@@H](O)CN2CCN(c3ccccc3)CC2)cc1. The number of carbonyl (C=O) groups is 1. The quantitative estimate of drug-likeness (QED) is 0.691. The normalized spacial score (nSPS) is 16.0. The molecule has 0 saturated carbocycles. The molecule has 1 aliphatic heterocycles. The number of anilines is 2. The molecular formula is C20H26N4O3. The third-order valence-electron chi connectivity index (χ3n) is 4.53. The van der Waals surface area contributed by atoms with Gasteiger partial charge in [-0.25, -0.2) is 4.79 Å². The third-order valence-corrected chi connectivity index (χ3v) is 4.53. The Kier molecular flexibility index (Phi) is 6.51. The number of β-amino-alcohol motifs (C(OH)–C–C–N with tert-alkyl or cyclic N) is 1. The zero-order chi connectivity index (χ0) is 19.1. The standard InChI is InChI=1S/C20H26N4O3/c21-20(26)22-16-6-8-19(9-7-16)27-15-18(25)14-23-10-12-24(13-11-23)17-4-2-1-3-5-17/h1-9,18,25H,10-15H2,(H3,21,22,26)/t18-/m0/s1. The molecule has 2 aromatic carbocycles. The van der Waals surface area contributed by atoms with Gasteiger partial charge >= 0.3 is 6.03 Å². The number of ether oxygens (including phenoxy) is 1. The van der Waals surface area contributed by atoms with Crippen LogP contribution in [0.3, 0.4) is 0 Å². The number of amides is 2. The Balaban J connectivity index is 1.38. The summed E-state index contributed by atoms with van der Waals surface area (Å²) in [7, 11) is 0. The molecule has 2 aromatic rings. The molecule has 1 aliphatic rings. The van der Waals surface area contributed by atoms with Crippen LogP contribution in [-0.4, -0.2) is 61.5 Å². The van der Waals surface area contributed by atoms with Crippen LogP contribution in [0.1, 0.15) is 0 Å². The van der Waals surface area contributed by atoms with Gasteiger partial charge in [0.1, 0.15) is 18.5 Å². The minimum absolute atomic E-state index is 0.224. The molecule has 3 rings (SSSR count). The minimum Gasteiger partial charge on any atom is -0.491 e. The van der Waals surface area contributed by atoms with Crippen LogP contribution in [0.15, 0.2) is 54.6 Å². The van der Waals surface area contributed by atoms with E-state index in [4.69, 9.17) is 10.5 Å². The van der Waals surface area contributed by atoms with E-state index in [2.05, 4.69) is 39.4 Å². The Morgan fingerprint density at radius 3 is 2.37 bits per heavy atom. The van der Waals surface area contributed by atoms with Crippen molar-refractivity contribution >= 4 is 17.4 Å². The zero-order valence-electron chi connectivity index (χ0n) is 15.3. The van der Waals surface area contributed by atoms with Crippen molar-refractivity contribution in [3.05, 3.63) is 54.6 Å². The van der Waals surface area contributed by atoms with Gasteiger partial charge in [-0.05, 0) is 36.4 Å². The van der Waals surface area contributed by atoms with Crippen LogP contribution in [0.2, 0.25) is 0 Å². The molecule has 1 fully saturated rings. The maximum absolute atomic E-state index is 10.8. The number of aliphatic hydroxyl groups is 1. The van der Waals surface area contributed by atoms with Gasteiger partial charge in [0, 0.05) is 44.1 Å². The second kappa shape index (κ2) is 9.25. The second-order valence-corrected chi connectivity index (χ2v) is 6.60. The lowest BCUT2D eigenvalue weighted by Crippen LogP contribution is -2.49. The van der Waals surface area contributed by atoms with Gasteiger partial charge in [0.05, 0.1) is 0 Å². The van der Waals surface area contributed by atoms with Crippen LogP contribution in [0.25, 0.3) is 0 Å². The van der Waals surface area contributed by atoms with E-state index in [1.54, 1.807) is 24.3 Å². The fourth-order valence-electron chi connectivity index (χ4n) is 3.15. The maximum Gasteiger partial charge on any atom is 0.316 e. The van der Waals surface area contributed by atoms with Crippen molar-refractivity contribution in [3.8, 4) is 5.75 Å². The first kappa shape index (κ1) is 19.0. The fraction of sp³-hybridized carbons (Fsp3) is 0.350. The summed E-state index contributed by atoms with van der Waals surface area (Å²) in [6.07, 6.45) is -0.559. The van der Waals surface area contributed by atoms with Crippen molar-refractivity contribution in [1.82, 2.24) is 4.90 Å². The summed E-state index contributed by atoms with van der Waals surface area (Å²) in [6.45, 7) is 4.54. The molecule has 1 heterocycles. The number of aliphatic hydroxyl groups excluding tert-OH is 1. The number of hydrogen-bond donors (Lipinski definition) is 3. The zero-order valence-corrected chi connectivity index (χ0v) is 15.3. The summed E-state index contributed by atoms with van der Waals surface area (Å²) in [5, 5.41) is 12.8. The molecule has 0 spiro atoms. The number of hydrogen-bond acceptors (Lipinski definition) is 5. The van der Waals surface area contributed by atoms with Gasteiger partial charge in [0.25, 0.3) is 0 Å². The molecule has 7 nitrogen and oxygen atoms in total. The second-order valence-electron chi connectivity index (χ2n) is 6.60. The first-order valence-electron chi connectivity index (χ1n) is 9.10. The van der Waals surface area contributed by atoms with E-state index >= 15 is 0 Å².